The molecule has 0 fully saturated rings. The van der Waals surface area contributed by atoms with Gasteiger partial charge in [0, 0.05) is 21.4 Å². The van der Waals surface area contributed by atoms with Gasteiger partial charge in [-0.1, -0.05) is 109 Å². The summed E-state index contributed by atoms with van der Waals surface area (Å²) in [4.78, 5) is -0.266. The molecule has 4 heteroatoms. The van der Waals surface area contributed by atoms with Gasteiger partial charge in [-0.25, -0.2) is 0 Å². The van der Waals surface area contributed by atoms with Crippen LogP contribution in [0.15, 0.2) is 162 Å². The van der Waals surface area contributed by atoms with E-state index >= 15 is 0 Å². The summed E-state index contributed by atoms with van der Waals surface area (Å²) in [5, 5.41) is -0.807. The number of benzene rings is 7. The van der Waals surface area contributed by atoms with Crippen LogP contribution in [0.5, 0.6) is 11.5 Å². The van der Waals surface area contributed by atoms with Gasteiger partial charge >= 0.3 is 0 Å². The van der Waals surface area contributed by atoms with E-state index in [0.29, 0.717) is 11.6 Å². The second kappa shape index (κ2) is 10.0. The molecular weight excluding hydrogens is 577 g/mol. The number of ether oxygens (including phenoxy) is 1. The van der Waals surface area contributed by atoms with Crippen molar-refractivity contribution in [2.24, 2.45) is 0 Å². The Morgan fingerprint density at radius 1 is 0.522 bits per heavy atom. The minimum atomic E-state index is -1.54. The van der Waals surface area contributed by atoms with Crippen molar-refractivity contribution in [3.8, 4) is 50.6 Å². The van der Waals surface area contributed by atoms with Gasteiger partial charge in [-0.2, -0.15) is 11.6 Å². The molecule has 2 nitrogen and oxygen atoms in total. The molecule has 0 radical (unpaired) electrons. The Bertz CT molecular complexity index is 3860. The van der Waals surface area contributed by atoms with E-state index < -0.39 is 230 Å². The predicted octanol–water partition coefficient (Wildman–Crippen LogP) is 10.1. The fourth-order valence-corrected chi connectivity index (χ4v) is 6.94. The lowest BCUT2D eigenvalue weighted by molar-refractivity contribution is 0.488. The molecule has 2 aliphatic heterocycles. The van der Waals surface area contributed by atoms with Gasteiger partial charge in [0.2, 0.25) is 0 Å². The van der Waals surface area contributed by atoms with Crippen molar-refractivity contribution in [3.05, 3.63) is 157 Å². The van der Waals surface area contributed by atoms with Gasteiger partial charge in [0.05, 0.1) is 46.7 Å². The zero-order valence-electron chi connectivity index (χ0n) is 48.8. The van der Waals surface area contributed by atoms with Gasteiger partial charge in [0.15, 0.2) is 0 Å². The van der Waals surface area contributed by atoms with Crippen molar-refractivity contribution in [1.82, 2.24) is 4.57 Å². The number of fused-ring (bicyclic) bond motifs is 7. The summed E-state index contributed by atoms with van der Waals surface area (Å²) >= 11 is 0.665. The topological polar surface area (TPSA) is 14.2 Å². The predicted molar refractivity (Wildman–Crippen MR) is 194 cm³/mol. The van der Waals surface area contributed by atoms with E-state index in [-0.39, 0.29) is 21.4 Å². The van der Waals surface area contributed by atoms with E-state index in [4.69, 9.17) is 32.2 Å². The molecule has 0 atom stereocenters. The summed E-state index contributed by atoms with van der Waals surface area (Å²) in [6, 6.07) is -21.7. The minimum absolute atomic E-state index is 0.239. The molecule has 7 aromatic carbocycles. The van der Waals surface area contributed by atoms with Gasteiger partial charge in [0.1, 0.15) is 11.5 Å². The van der Waals surface area contributed by atoms with E-state index in [0.717, 1.165) is 4.57 Å². The van der Waals surface area contributed by atoms with Crippen molar-refractivity contribution < 1.29 is 40.4 Å². The van der Waals surface area contributed by atoms with Gasteiger partial charge in [-0.3, -0.25) is 0 Å². The average molecular weight is 630 g/mol. The maximum absolute atomic E-state index is 9.95. The second-order valence-corrected chi connectivity index (χ2v) is 11.2. The Morgan fingerprint density at radius 2 is 1.15 bits per heavy atom. The van der Waals surface area contributed by atoms with Crippen molar-refractivity contribution in [1.29, 1.82) is 0 Å². The van der Waals surface area contributed by atoms with Gasteiger partial charge < -0.3 is 9.30 Å². The Morgan fingerprint density at radius 3 is 1.91 bits per heavy atom. The van der Waals surface area contributed by atoms with E-state index in [1.165, 1.54) is 0 Å². The maximum Gasteiger partial charge on any atom is 0.289 e. The largest absolute Gasteiger partial charge is 0.458 e. The number of aromatic nitrogens is 1. The molecular formula is C42H26BNOS. The van der Waals surface area contributed by atoms with Crippen LogP contribution in [0.4, 0.5) is 0 Å². The van der Waals surface area contributed by atoms with E-state index in [1.807, 2.05) is 0 Å². The molecule has 2 aliphatic rings. The van der Waals surface area contributed by atoms with Gasteiger partial charge in [-0.15, -0.1) is 0 Å². The van der Waals surface area contributed by atoms with Crippen molar-refractivity contribution in [2.45, 2.75) is 4.90 Å². The molecule has 46 heavy (non-hydrogen) atoms. The number of hydrogen-bond acceptors (Lipinski definition) is 2. The van der Waals surface area contributed by atoms with Crippen LogP contribution in [0, 0.1) is 0 Å². The highest BCUT2D eigenvalue weighted by molar-refractivity contribution is 8.28. The third-order valence-electron chi connectivity index (χ3n) is 7.61. The standard InChI is InChI=1S/C42H26BNOS/c1-2-12-27(13-3-1)30-14-4-5-15-31(30)28-24-35-34-18-8-11-21-41(34)46-43-36-26-29(22-23-39(36)45-40(25-28)42(35)43)44-37-19-9-6-16-32(37)33-17-7-10-20-38(33)44/h1-26H/i1D,2D,3D,4D,5D,6D,7D,8D,9D,10D,11D,12D,13D,14D,15D,16D,17D,18D,19D,20D,21D,22D,23D,24D,25D,26D. The molecule has 0 unspecified atom stereocenters. The van der Waals surface area contributed by atoms with Crippen LogP contribution >= 0.6 is 11.6 Å². The van der Waals surface area contributed by atoms with Crippen molar-refractivity contribution >= 4 is 50.3 Å². The lowest BCUT2D eigenvalue weighted by Crippen LogP contribution is -2.46. The molecule has 214 valence electrons. The Hall–Kier alpha value is -5.45. The fraction of sp³-hybridized carbons (Fsp3) is 0. The fourth-order valence-electron chi connectivity index (χ4n) is 5.70. The third kappa shape index (κ3) is 3.80. The molecule has 3 heterocycles. The number of para-hydroxylation sites is 2. The summed E-state index contributed by atoms with van der Waals surface area (Å²) in [7, 11) is 0. The second-order valence-electron chi connectivity index (χ2n) is 10.0. The molecule has 8 aromatic rings. The number of rotatable bonds is 3. The molecule has 0 N–H and O–H groups in total. The zero-order chi connectivity index (χ0) is 52.8. The van der Waals surface area contributed by atoms with Crippen LogP contribution in [0.2, 0.25) is 0 Å². The SMILES string of the molecule is [2H]c1c([2H])c([2H])c(-c2c([2H])c([2H])c([2H])c([2H])c2-c2c([2H])c3c4c(c2[2H])-c2c([2H])c([2H])c([2H])c([2H])c2SB4c2c([2H])c(-n4c5c([2H])c([2H])c([2H])c([2H])c5c5c([2H])c([2H])c([2H])c([2H])c54)c([2H])c([2H])c2O3)c([2H])c1[2H]. The first kappa shape index (κ1) is 11.1. The van der Waals surface area contributed by atoms with E-state index in [1.54, 1.807) is 0 Å². The Balaban J connectivity index is 1.39. The molecule has 1 aromatic heterocycles. The molecule has 0 bridgehead atoms. The average Bonchev–Trinajstić information content (AvgIpc) is 3.71. The van der Waals surface area contributed by atoms with Crippen molar-refractivity contribution in [2.75, 3.05) is 0 Å². The smallest absolute Gasteiger partial charge is 0.289 e. The summed E-state index contributed by atoms with van der Waals surface area (Å²) in [6.07, 6.45) is 0. The van der Waals surface area contributed by atoms with E-state index in [9.17, 15) is 8.22 Å². The Kier molecular flexibility index (Phi) is 2.42. The first-order valence-corrected chi connectivity index (χ1v) is 14.5. The van der Waals surface area contributed by atoms with Crippen LogP contribution in [-0.2, 0) is 0 Å². The number of hydrogen-bond donors (Lipinski definition) is 0. The van der Waals surface area contributed by atoms with Crippen LogP contribution in [0.1, 0.15) is 35.6 Å². The molecule has 10 rings (SSSR count). The van der Waals surface area contributed by atoms with Crippen LogP contribution in [0.3, 0.4) is 0 Å². The van der Waals surface area contributed by atoms with Crippen LogP contribution < -0.4 is 15.7 Å². The highest BCUT2D eigenvalue weighted by Crippen LogP contribution is 2.46. The minimum Gasteiger partial charge on any atom is -0.458 e. The van der Waals surface area contributed by atoms with E-state index in [2.05, 4.69) is 0 Å². The molecule has 0 spiro atoms. The summed E-state index contributed by atoms with van der Waals surface area (Å²) in [5.74, 6) is -2.76. The maximum atomic E-state index is 9.95. The quantitative estimate of drug-likeness (QED) is 0.181. The first-order chi connectivity index (χ1) is 33.6. The highest BCUT2D eigenvalue weighted by atomic mass is 32.2. The lowest BCUT2D eigenvalue weighted by atomic mass is 9.57. The first-order valence-electron chi connectivity index (χ1n) is 26.6. The molecule has 0 aliphatic carbocycles. The highest BCUT2D eigenvalue weighted by Gasteiger charge is 2.39. The van der Waals surface area contributed by atoms with Crippen LogP contribution in [-0.4, -0.2) is 10.6 Å². The molecule has 0 saturated heterocycles. The van der Waals surface area contributed by atoms with Gasteiger partial charge in [0.25, 0.3) is 5.99 Å². The number of nitrogens with zero attached hydrogens (tertiary/aromatic N) is 1. The molecule has 0 amide bonds. The zero-order valence-corrected chi connectivity index (χ0v) is 23.7. The third-order valence-corrected chi connectivity index (χ3v) is 8.85. The van der Waals surface area contributed by atoms with Gasteiger partial charge in [-0.05, 0) is 92.6 Å². The lowest BCUT2D eigenvalue weighted by Gasteiger charge is -2.33. The normalized spacial score (nSPS) is 20.7. The summed E-state index contributed by atoms with van der Waals surface area (Å²) < 4.78 is 239. The monoisotopic (exact) mass is 629 g/mol. The Labute approximate surface area is 308 Å². The molecule has 0 saturated carbocycles. The van der Waals surface area contributed by atoms with Crippen molar-refractivity contribution in [3.63, 3.8) is 0 Å². The summed E-state index contributed by atoms with van der Waals surface area (Å²) in [5.41, 5.74) is -6.00. The van der Waals surface area contributed by atoms with Crippen LogP contribution in [0.25, 0.3) is 60.9 Å². The summed E-state index contributed by atoms with van der Waals surface area (Å²) in [6.45, 7) is 0.